The Hall–Kier alpha value is -0.680. The van der Waals surface area contributed by atoms with Crippen molar-refractivity contribution in [2.24, 2.45) is 5.92 Å². The Balaban J connectivity index is 1.91. The lowest BCUT2D eigenvalue weighted by Crippen LogP contribution is -2.47. The van der Waals surface area contributed by atoms with Gasteiger partial charge in [0.15, 0.2) is 0 Å². The Labute approximate surface area is 130 Å². The number of nitrogens with zero attached hydrogens (tertiary/aromatic N) is 1. The van der Waals surface area contributed by atoms with Crippen LogP contribution in [0, 0.1) is 11.7 Å². The fourth-order valence-corrected chi connectivity index (χ4v) is 3.67. The molecule has 0 spiro atoms. The summed E-state index contributed by atoms with van der Waals surface area (Å²) in [6.07, 6.45) is 1.97. The van der Waals surface area contributed by atoms with Gasteiger partial charge in [-0.2, -0.15) is 0 Å². The Morgan fingerprint density at radius 3 is 2.67 bits per heavy atom. The lowest BCUT2D eigenvalue weighted by molar-refractivity contribution is 0.0203. The van der Waals surface area contributed by atoms with Crippen LogP contribution in [0.4, 0.5) is 4.39 Å². The standard InChI is InChI=1S/C16H22ClFN2O/c17-14-3-1-2-13(15(14)18)16(12-4-10-21-11-5-12)20-8-6-19-7-9-20/h1-3,12,16,19H,4-11H2/t16-/m0/s1. The number of piperazine rings is 1. The average molecular weight is 313 g/mol. The van der Waals surface area contributed by atoms with Crippen LogP contribution in [0.5, 0.6) is 0 Å². The van der Waals surface area contributed by atoms with Gasteiger partial charge >= 0.3 is 0 Å². The summed E-state index contributed by atoms with van der Waals surface area (Å²) in [6, 6.07) is 5.48. The smallest absolute Gasteiger partial charge is 0.146 e. The second-order valence-corrected chi connectivity index (χ2v) is 6.23. The van der Waals surface area contributed by atoms with Crippen molar-refractivity contribution >= 4 is 11.6 Å². The van der Waals surface area contributed by atoms with Crippen LogP contribution in [0.3, 0.4) is 0 Å². The first-order valence-corrected chi connectivity index (χ1v) is 8.11. The van der Waals surface area contributed by atoms with E-state index in [1.807, 2.05) is 12.1 Å². The SMILES string of the molecule is Fc1c(Cl)cccc1[C@H](C1CCOCC1)N1CCNCC1. The van der Waals surface area contributed by atoms with Crippen LogP contribution in [-0.4, -0.2) is 44.3 Å². The van der Waals surface area contributed by atoms with Gasteiger partial charge in [-0.05, 0) is 24.8 Å². The molecule has 1 aromatic rings. The predicted octanol–water partition coefficient (Wildman–Crippen LogP) is 2.85. The second-order valence-electron chi connectivity index (χ2n) is 5.82. The molecule has 1 aromatic carbocycles. The van der Waals surface area contributed by atoms with Crippen molar-refractivity contribution in [2.45, 2.75) is 18.9 Å². The van der Waals surface area contributed by atoms with Gasteiger partial charge in [0.25, 0.3) is 0 Å². The van der Waals surface area contributed by atoms with Gasteiger partial charge in [0.05, 0.1) is 5.02 Å². The highest BCUT2D eigenvalue weighted by molar-refractivity contribution is 6.30. The van der Waals surface area contributed by atoms with E-state index in [-0.39, 0.29) is 16.9 Å². The number of rotatable bonds is 3. The molecule has 116 valence electrons. The fraction of sp³-hybridized carbons (Fsp3) is 0.625. The third-order valence-corrected chi connectivity index (χ3v) is 4.85. The van der Waals surface area contributed by atoms with E-state index < -0.39 is 0 Å². The maximum atomic E-state index is 14.6. The first kappa shape index (κ1) is 15.2. The summed E-state index contributed by atoms with van der Waals surface area (Å²) in [5, 5.41) is 3.59. The zero-order valence-corrected chi connectivity index (χ0v) is 12.9. The topological polar surface area (TPSA) is 24.5 Å². The average Bonchev–Trinajstić information content (AvgIpc) is 2.54. The minimum Gasteiger partial charge on any atom is -0.381 e. The Bertz CT molecular complexity index is 455. The molecule has 2 saturated heterocycles. The van der Waals surface area contributed by atoms with Crippen LogP contribution in [0.1, 0.15) is 24.4 Å². The minimum atomic E-state index is -0.255. The quantitative estimate of drug-likeness (QED) is 0.929. The van der Waals surface area contributed by atoms with Gasteiger partial charge in [-0.3, -0.25) is 4.90 Å². The molecule has 2 fully saturated rings. The summed E-state index contributed by atoms with van der Waals surface area (Å²) in [7, 11) is 0. The van der Waals surface area contributed by atoms with Crippen molar-refractivity contribution in [1.82, 2.24) is 10.2 Å². The van der Waals surface area contributed by atoms with E-state index in [2.05, 4.69) is 10.2 Å². The molecule has 2 aliphatic rings. The molecule has 1 atom stereocenters. The molecule has 0 amide bonds. The zero-order chi connectivity index (χ0) is 14.7. The fourth-order valence-electron chi connectivity index (χ4n) is 3.49. The molecule has 0 radical (unpaired) electrons. The van der Waals surface area contributed by atoms with Gasteiger partial charge in [0.2, 0.25) is 0 Å². The number of nitrogens with one attached hydrogen (secondary N) is 1. The number of benzene rings is 1. The van der Waals surface area contributed by atoms with E-state index >= 15 is 0 Å². The number of hydrogen-bond donors (Lipinski definition) is 1. The van der Waals surface area contributed by atoms with E-state index in [0.29, 0.717) is 5.92 Å². The zero-order valence-electron chi connectivity index (χ0n) is 12.2. The van der Waals surface area contributed by atoms with Crippen LogP contribution in [0.15, 0.2) is 18.2 Å². The third-order valence-electron chi connectivity index (χ3n) is 4.56. The van der Waals surface area contributed by atoms with Crippen molar-refractivity contribution in [1.29, 1.82) is 0 Å². The minimum absolute atomic E-state index is 0.106. The first-order chi connectivity index (χ1) is 10.3. The van der Waals surface area contributed by atoms with E-state index in [0.717, 1.165) is 57.8 Å². The molecule has 1 N–H and O–H groups in total. The van der Waals surface area contributed by atoms with E-state index in [1.54, 1.807) is 6.07 Å². The molecule has 5 heteroatoms. The highest BCUT2D eigenvalue weighted by Gasteiger charge is 2.33. The van der Waals surface area contributed by atoms with Crippen molar-refractivity contribution < 1.29 is 9.13 Å². The molecule has 2 aliphatic heterocycles. The first-order valence-electron chi connectivity index (χ1n) is 7.74. The van der Waals surface area contributed by atoms with Crippen molar-refractivity contribution in [3.05, 3.63) is 34.6 Å². The molecule has 0 aliphatic carbocycles. The van der Waals surface area contributed by atoms with Gasteiger partial charge in [0.1, 0.15) is 5.82 Å². The van der Waals surface area contributed by atoms with Gasteiger partial charge in [-0.25, -0.2) is 4.39 Å². The van der Waals surface area contributed by atoms with Crippen LogP contribution >= 0.6 is 11.6 Å². The van der Waals surface area contributed by atoms with Gasteiger partial charge in [-0.1, -0.05) is 23.7 Å². The van der Waals surface area contributed by atoms with E-state index in [4.69, 9.17) is 16.3 Å². The van der Waals surface area contributed by atoms with Crippen LogP contribution < -0.4 is 5.32 Å². The summed E-state index contributed by atoms with van der Waals surface area (Å²) >= 11 is 6.01. The van der Waals surface area contributed by atoms with Crippen molar-refractivity contribution in [2.75, 3.05) is 39.4 Å². The third kappa shape index (κ3) is 3.39. The molecule has 2 heterocycles. The largest absolute Gasteiger partial charge is 0.381 e. The molecule has 0 aromatic heterocycles. The molecular formula is C16H22ClFN2O. The monoisotopic (exact) mass is 312 g/mol. The van der Waals surface area contributed by atoms with Crippen LogP contribution in [0.2, 0.25) is 5.02 Å². The Morgan fingerprint density at radius 1 is 1.24 bits per heavy atom. The second kappa shape index (κ2) is 7.05. The number of halogens is 2. The number of ether oxygens (including phenoxy) is 1. The molecule has 3 rings (SSSR count). The summed E-state index contributed by atoms with van der Waals surface area (Å²) in [4.78, 5) is 2.40. The summed E-state index contributed by atoms with van der Waals surface area (Å²) < 4.78 is 20.0. The van der Waals surface area contributed by atoms with Crippen LogP contribution in [0.25, 0.3) is 0 Å². The van der Waals surface area contributed by atoms with Gasteiger partial charge in [-0.15, -0.1) is 0 Å². The summed E-state index contributed by atoms with van der Waals surface area (Å²) in [6.45, 7) is 5.37. The van der Waals surface area contributed by atoms with E-state index in [1.165, 1.54) is 0 Å². The maximum absolute atomic E-state index is 14.6. The van der Waals surface area contributed by atoms with Crippen molar-refractivity contribution in [3.8, 4) is 0 Å². The number of hydrogen-bond acceptors (Lipinski definition) is 3. The van der Waals surface area contributed by atoms with Crippen molar-refractivity contribution in [3.63, 3.8) is 0 Å². The molecular weight excluding hydrogens is 291 g/mol. The molecule has 21 heavy (non-hydrogen) atoms. The summed E-state index contributed by atoms with van der Waals surface area (Å²) in [5.74, 6) is 0.180. The predicted molar refractivity (Wildman–Crippen MR) is 82.1 cm³/mol. The lowest BCUT2D eigenvalue weighted by Gasteiger charge is -2.41. The Morgan fingerprint density at radius 2 is 1.95 bits per heavy atom. The molecule has 3 nitrogen and oxygen atoms in total. The molecule has 0 saturated carbocycles. The summed E-state index contributed by atoms with van der Waals surface area (Å²) in [5.41, 5.74) is 0.747. The molecule has 0 bridgehead atoms. The molecule has 0 unspecified atom stereocenters. The van der Waals surface area contributed by atoms with E-state index in [9.17, 15) is 4.39 Å². The maximum Gasteiger partial charge on any atom is 0.146 e. The van der Waals surface area contributed by atoms with Gasteiger partial charge in [0, 0.05) is 51.0 Å². The lowest BCUT2D eigenvalue weighted by atomic mass is 9.85. The Kier molecular flexibility index (Phi) is 5.11. The highest BCUT2D eigenvalue weighted by atomic mass is 35.5. The van der Waals surface area contributed by atoms with Gasteiger partial charge < -0.3 is 10.1 Å². The highest BCUT2D eigenvalue weighted by Crippen LogP contribution is 2.37. The normalized spacial score (nSPS) is 23.1. The van der Waals surface area contributed by atoms with Crippen LogP contribution in [-0.2, 0) is 4.74 Å².